The van der Waals surface area contributed by atoms with Crippen LogP contribution in [-0.2, 0) is 22.7 Å². The fourth-order valence-corrected chi connectivity index (χ4v) is 2.27. The molecule has 0 saturated carbocycles. The van der Waals surface area contributed by atoms with Crippen LogP contribution in [0.4, 0.5) is 5.69 Å². The zero-order chi connectivity index (χ0) is 12.9. The molecule has 18 heavy (non-hydrogen) atoms. The van der Waals surface area contributed by atoms with Crippen LogP contribution in [0.1, 0.15) is 0 Å². The average molecular weight is 246 g/mol. The number of imidazole rings is 1. The van der Waals surface area contributed by atoms with Crippen LogP contribution in [0.2, 0.25) is 0 Å². The highest BCUT2D eigenvalue weighted by atomic mass is 16.2. The Kier molecular flexibility index (Phi) is 2.09. The molecule has 1 aliphatic heterocycles. The molecule has 0 N–H and O–H groups in total. The molecule has 0 bridgehead atoms. The molecule has 0 aromatic carbocycles. The Hall–Kier alpha value is -2.44. The van der Waals surface area contributed by atoms with Crippen molar-refractivity contribution in [1.82, 2.24) is 14.1 Å². The number of hydrogen-bond donors (Lipinski definition) is 0. The lowest BCUT2D eigenvalue weighted by atomic mass is 10.2. The molecular formula is C11H10N4O3. The molecule has 0 fully saturated rings. The number of carbonyl (C=O) groups is 2. The number of anilines is 1. The second-order valence-corrected chi connectivity index (χ2v) is 4.13. The van der Waals surface area contributed by atoms with Gasteiger partial charge in [0.15, 0.2) is 0 Å². The third-order valence-corrected chi connectivity index (χ3v) is 3.19. The summed E-state index contributed by atoms with van der Waals surface area (Å²) in [6.07, 6.45) is 3.73. The van der Waals surface area contributed by atoms with Crippen molar-refractivity contribution >= 4 is 28.9 Å². The minimum atomic E-state index is -0.354. The van der Waals surface area contributed by atoms with Gasteiger partial charge in [0.2, 0.25) is 5.91 Å². The van der Waals surface area contributed by atoms with E-state index in [9.17, 15) is 14.4 Å². The summed E-state index contributed by atoms with van der Waals surface area (Å²) in [4.78, 5) is 40.0. The Morgan fingerprint density at radius 1 is 1.39 bits per heavy atom. The Morgan fingerprint density at radius 2 is 2.17 bits per heavy atom. The molecule has 0 saturated heterocycles. The maximum atomic E-state index is 12.1. The van der Waals surface area contributed by atoms with E-state index in [1.807, 2.05) is 0 Å². The van der Waals surface area contributed by atoms with E-state index in [1.165, 1.54) is 20.2 Å². The van der Waals surface area contributed by atoms with Crippen LogP contribution >= 0.6 is 0 Å². The summed E-state index contributed by atoms with van der Waals surface area (Å²) >= 11 is 0. The van der Waals surface area contributed by atoms with E-state index < -0.39 is 0 Å². The average Bonchev–Trinajstić information content (AvgIpc) is 2.63. The zero-order valence-electron chi connectivity index (χ0n) is 9.66. The van der Waals surface area contributed by atoms with Gasteiger partial charge in [0.25, 0.3) is 0 Å². The molecule has 1 amide bonds. The number of aromatic nitrogens is 3. The van der Waals surface area contributed by atoms with Crippen molar-refractivity contribution in [2.45, 2.75) is 13.1 Å². The van der Waals surface area contributed by atoms with Crippen molar-refractivity contribution in [3.05, 3.63) is 22.9 Å². The maximum absolute atomic E-state index is 12.1. The molecule has 2 aromatic rings. The molecule has 7 nitrogen and oxygen atoms in total. The lowest BCUT2D eigenvalue weighted by Crippen LogP contribution is -2.38. The number of hydrogen-bond acceptors (Lipinski definition) is 4. The van der Waals surface area contributed by atoms with Gasteiger partial charge in [0, 0.05) is 7.05 Å². The van der Waals surface area contributed by atoms with Gasteiger partial charge in [0.05, 0.1) is 35.7 Å². The second kappa shape index (κ2) is 3.52. The van der Waals surface area contributed by atoms with Crippen molar-refractivity contribution in [2.24, 2.45) is 0 Å². The normalized spacial score (nSPS) is 14.3. The third kappa shape index (κ3) is 1.18. The molecule has 92 valence electrons. The van der Waals surface area contributed by atoms with E-state index in [4.69, 9.17) is 0 Å². The number of likely N-dealkylation sites (N-methyl/N-ethyl adjacent to an activating group) is 1. The molecule has 3 heterocycles. The van der Waals surface area contributed by atoms with E-state index in [2.05, 4.69) is 4.98 Å². The largest absolute Gasteiger partial charge is 0.330 e. The highest BCUT2D eigenvalue weighted by Gasteiger charge is 2.27. The van der Waals surface area contributed by atoms with Gasteiger partial charge in [-0.1, -0.05) is 0 Å². The maximum Gasteiger partial charge on any atom is 0.330 e. The van der Waals surface area contributed by atoms with Gasteiger partial charge in [-0.05, 0) is 0 Å². The molecule has 0 aliphatic carbocycles. The van der Waals surface area contributed by atoms with Gasteiger partial charge < -0.3 is 9.69 Å². The topological polar surface area (TPSA) is 77.2 Å². The number of nitrogens with zero attached hydrogens (tertiary/aromatic N) is 4. The molecule has 0 radical (unpaired) electrons. The summed E-state index contributed by atoms with van der Waals surface area (Å²) in [5, 5.41) is 0. The second-order valence-electron chi connectivity index (χ2n) is 4.13. The number of carbonyl (C=O) groups excluding carboxylic acids is 2. The van der Waals surface area contributed by atoms with E-state index in [1.54, 1.807) is 13.2 Å². The van der Waals surface area contributed by atoms with Crippen LogP contribution < -0.4 is 10.6 Å². The van der Waals surface area contributed by atoms with Crippen LogP contribution in [0.15, 0.2) is 17.2 Å². The number of amides is 1. The summed E-state index contributed by atoms with van der Waals surface area (Å²) in [5.74, 6) is -0.178. The van der Waals surface area contributed by atoms with Gasteiger partial charge in [-0.3, -0.25) is 18.9 Å². The smallest absolute Gasteiger partial charge is 0.311 e. The van der Waals surface area contributed by atoms with Crippen LogP contribution in [0.3, 0.4) is 0 Å². The summed E-state index contributed by atoms with van der Waals surface area (Å²) in [7, 11) is 1.64. The van der Waals surface area contributed by atoms with Crippen molar-refractivity contribution in [1.29, 1.82) is 0 Å². The molecule has 0 unspecified atom stereocenters. The fraction of sp³-hybridized carbons (Fsp3) is 0.273. The lowest BCUT2D eigenvalue weighted by molar-refractivity contribution is -0.119. The molecule has 2 aromatic heterocycles. The highest BCUT2D eigenvalue weighted by Crippen LogP contribution is 2.27. The summed E-state index contributed by atoms with van der Waals surface area (Å²) in [5.41, 5.74) is 1.46. The van der Waals surface area contributed by atoms with Crippen LogP contribution in [-0.4, -0.2) is 33.4 Å². The monoisotopic (exact) mass is 246 g/mol. The van der Waals surface area contributed by atoms with Gasteiger partial charge >= 0.3 is 5.69 Å². The Balaban J connectivity index is 2.46. The first-order chi connectivity index (χ1) is 8.65. The van der Waals surface area contributed by atoms with Crippen LogP contribution in [0.25, 0.3) is 11.0 Å². The van der Waals surface area contributed by atoms with Gasteiger partial charge in [-0.2, -0.15) is 0 Å². The van der Waals surface area contributed by atoms with Gasteiger partial charge in [-0.25, -0.2) is 4.79 Å². The fourth-order valence-electron chi connectivity index (χ4n) is 2.27. The van der Waals surface area contributed by atoms with Crippen LogP contribution in [0.5, 0.6) is 0 Å². The minimum Gasteiger partial charge on any atom is -0.311 e. The number of rotatable bonds is 2. The number of pyridine rings is 1. The zero-order valence-corrected chi connectivity index (χ0v) is 9.66. The van der Waals surface area contributed by atoms with Crippen molar-refractivity contribution in [3.8, 4) is 0 Å². The molecular weight excluding hydrogens is 236 g/mol. The van der Waals surface area contributed by atoms with Crippen LogP contribution in [0, 0.1) is 0 Å². The highest BCUT2D eigenvalue weighted by molar-refractivity contribution is 6.04. The van der Waals surface area contributed by atoms with E-state index in [0.29, 0.717) is 23.0 Å². The first-order valence-electron chi connectivity index (χ1n) is 5.42. The van der Waals surface area contributed by atoms with E-state index in [0.717, 1.165) is 0 Å². The Labute approximate surface area is 101 Å². The Bertz CT molecular complexity index is 728. The summed E-state index contributed by atoms with van der Waals surface area (Å²) < 4.78 is 2.71. The van der Waals surface area contributed by atoms with Crippen molar-refractivity contribution in [2.75, 3.05) is 11.9 Å². The first kappa shape index (κ1) is 10.7. The SMILES string of the molecule is CN1C(=O)Cn2c(=O)n(CC=O)c3cncc1c32. The van der Waals surface area contributed by atoms with E-state index in [-0.39, 0.29) is 24.7 Å². The predicted octanol–water partition coefficient (Wildman–Crippen LogP) is -0.627. The Morgan fingerprint density at radius 3 is 2.89 bits per heavy atom. The molecule has 1 aliphatic rings. The van der Waals surface area contributed by atoms with E-state index >= 15 is 0 Å². The predicted molar refractivity (Wildman–Crippen MR) is 63.5 cm³/mol. The molecule has 3 rings (SSSR count). The third-order valence-electron chi connectivity index (χ3n) is 3.19. The van der Waals surface area contributed by atoms with Gasteiger partial charge in [0.1, 0.15) is 12.8 Å². The number of aldehydes is 1. The lowest BCUT2D eigenvalue weighted by Gasteiger charge is -2.23. The molecule has 0 atom stereocenters. The standard InChI is InChI=1S/C11H10N4O3/c1-13-7-4-12-5-8-10(7)15(6-9(13)17)11(18)14(8)2-3-16/h3-5H,2,6H2,1H3. The first-order valence-corrected chi connectivity index (χ1v) is 5.42. The van der Waals surface area contributed by atoms with Gasteiger partial charge in [-0.15, -0.1) is 0 Å². The van der Waals surface area contributed by atoms with Crippen molar-refractivity contribution in [3.63, 3.8) is 0 Å². The molecule has 0 spiro atoms. The minimum absolute atomic E-state index is 0.00525. The van der Waals surface area contributed by atoms with Crippen molar-refractivity contribution < 1.29 is 9.59 Å². The quantitative estimate of drug-likeness (QED) is 0.661. The summed E-state index contributed by atoms with van der Waals surface area (Å²) in [6, 6.07) is 0. The molecule has 7 heteroatoms. The summed E-state index contributed by atoms with van der Waals surface area (Å²) in [6.45, 7) is -0.0416.